The third kappa shape index (κ3) is 4.64. The molecule has 168 valence electrons. The molecule has 32 heavy (non-hydrogen) atoms. The smallest absolute Gasteiger partial charge is 0.410 e. The summed E-state index contributed by atoms with van der Waals surface area (Å²) in [6.45, 7) is 7.00. The van der Waals surface area contributed by atoms with Gasteiger partial charge >= 0.3 is 6.09 Å². The SMILES string of the molecule is CC(C)(C)OC(=O)N1CCC(c2cccc3c2OC[C@@H](c2ccc(C#N)cc2F)O3)CC1. The molecule has 6 nitrogen and oxygen atoms in total. The first-order valence-electron chi connectivity index (χ1n) is 10.8. The van der Waals surface area contributed by atoms with Gasteiger partial charge in [0.15, 0.2) is 17.6 Å². The van der Waals surface area contributed by atoms with Crippen LogP contribution in [0.5, 0.6) is 11.5 Å². The predicted molar refractivity (Wildman–Crippen MR) is 116 cm³/mol. The highest BCUT2D eigenvalue weighted by atomic mass is 19.1. The van der Waals surface area contributed by atoms with Gasteiger partial charge in [-0.3, -0.25) is 0 Å². The lowest BCUT2D eigenvalue weighted by Crippen LogP contribution is -2.41. The van der Waals surface area contributed by atoms with Crippen molar-refractivity contribution in [1.82, 2.24) is 4.90 Å². The van der Waals surface area contributed by atoms with Crippen molar-refractivity contribution in [2.24, 2.45) is 0 Å². The van der Waals surface area contributed by atoms with Gasteiger partial charge in [0, 0.05) is 24.2 Å². The number of halogens is 1. The second-order valence-electron chi connectivity index (χ2n) is 9.18. The summed E-state index contributed by atoms with van der Waals surface area (Å²) < 4.78 is 32.1. The van der Waals surface area contributed by atoms with Gasteiger partial charge in [0.25, 0.3) is 0 Å². The van der Waals surface area contributed by atoms with E-state index in [1.165, 1.54) is 6.07 Å². The van der Waals surface area contributed by atoms with Crippen molar-refractivity contribution in [3.63, 3.8) is 0 Å². The minimum Gasteiger partial charge on any atom is -0.485 e. The molecule has 2 heterocycles. The van der Waals surface area contributed by atoms with Crippen molar-refractivity contribution in [1.29, 1.82) is 5.26 Å². The van der Waals surface area contributed by atoms with Gasteiger partial charge in [-0.05, 0) is 57.7 Å². The molecule has 0 spiro atoms. The van der Waals surface area contributed by atoms with Crippen LogP contribution in [0.3, 0.4) is 0 Å². The molecule has 4 rings (SSSR count). The molecule has 2 aliphatic rings. The molecule has 0 radical (unpaired) electrons. The van der Waals surface area contributed by atoms with Crippen molar-refractivity contribution in [3.05, 3.63) is 58.9 Å². The molecule has 2 aromatic rings. The van der Waals surface area contributed by atoms with Gasteiger partial charge in [-0.2, -0.15) is 5.26 Å². The summed E-state index contributed by atoms with van der Waals surface area (Å²) in [5.41, 5.74) is 1.17. The molecule has 0 bridgehead atoms. The lowest BCUT2D eigenvalue weighted by atomic mass is 9.88. The quantitative estimate of drug-likeness (QED) is 0.634. The number of nitrogens with zero attached hydrogens (tertiary/aromatic N) is 2. The highest BCUT2D eigenvalue weighted by Crippen LogP contribution is 2.44. The van der Waals surface area contributed by atoms with E-state index in [0.29, 0.717) is 30.2 Å². The van der Waals surface area contributed by atoms with Gasteiger partial charge in [0.05, 0.1) is 11.6 Å². The van der Waals surface area contributed by atoms with Crippen LogP contribution in [-0.2, 0) is 4.74 Å². The van der Waals surface area contributed by atoms with Crippen LogP contribution in [0.15, 0.2) is 36.4 Å². The van der Waals surface area contributed by atoms with E-state index < -0.39 is 17.5 Å². The zero-order valence-electron chi connectivity index (χ0n) is 18.6. The second kappa shape index (κ2) is 8.70. The van der Waals surface area contributed by atoms with Crippen LogP contribution in [0.25, 0.3) is 0 Å². The first-order chi connectivity index (χ1) is 15.2. The predicted octanol–water partition coefficient (Wildman–Crippen LogP) is 5.32. The number of carbonyl (C=O) groups excluding carboxylic acids is 1. The minimum atomic E-state index is -0.584. The Balaban J connectivity index is 1.46. The van der Waals surface area contributed by atoms with E-state index in [1.54, 1.807) is 17.0 Å². The molecular weight excluding hydrogens is 411 g/mol. The first-order valence-corrected chi connectivity index (χ1v) is 10.8. The summed E-state index contributed by atoms with van der Waals surface area (Å²) in [4.78, 5) is 14.1. The maximum atomic E-state index is 14.4. The average Bonchev–Trinajstić information content (AvgIpc) is 2.77. The number of fused-ring (bicyclic) bond motifs is 1. The molecule has 0 saturated carbocycles. The van der Waals surface area contributed by atoms with Gasteiger partial charge in [0.1, 0.15) is 18.0 Å². The van der Waals surface area contributed by atoms with E-state index in [2.05, 4.69) is 0 Å². The minimum absolute atomic E-state index is 0.184. The first kappa shape index (κ1) is 21.9. The topological polar surface area (TPSA) is 71.8 Å². The standard InChI is InChI=1S/C25H27FN2O4/c1-25(2,3)32-24(29)28-11-9-17(10-12-28)18-5-4-6-21-23(18)30-15-22(31-21)19-8-7-16(14-27)13-20(19)26/h4-8,13,17,22H,9-12,15H2,1-3H3/t22-/m0/s1. The zero-order chi connectivity index (χ0) is 22.9. The molecule has 0 N–H and O–H groups in total. The number of carbonyl (C=O) groups is 1. The monoisotopic (exact) mass is 438 g/mol. The van der Waals surface area contributed by atoms with Crippen LogP contribution < -0.4 is 9.47 Å². The van der Waals surface area contributed by atoms with Crippen LogP contribution in [0.4, 0.5) is 9.18 Å². The van der Waals surface area contributed by atoms with Crippen LogP contribution >= 0.6 is 0 Å². The number of rotatable bonds is 2. The maximum Gasteiger partial charge on any atom is 0.410 e. The number of likely N-dealkylation sites (tertiary alicyclic amines) is 1. The molecule has 2 aromatic carbocycles. The molecule has 7 heteroatoms. The lowest BCUT2D eigenvalue weighted by Gasteiger charge is -2.35. The van der Waals surface area contributed by atoms with E-state index in [1.807, 2.05) is 45.0 Å². The Hall–Kier alpha value is -3.27. The Morgan fingerprint density at radius 2 is 1.94 bits per heavy atom. The molecule has 1 saturated heterocycles. The normalized spacial score (nSPS) is 18.7. The van der Waals surface area contributed by atoms with Crippen molar-refractivity contribution < 1.29 is 23.4 Å². The number of ether oxygens (including phenoxy) is 3. The van der Waals surface area contributed by atoms with Gasteiger partial charge < -0.3 is 19.1 Å². The Labute approximate surface area is 187 Å². The number of amides is 1. The largest absolute Gasteiger partial charge is 0.485 e. The van der Waals surface area contributed by atoms with Crippen LogP contribution in [0.2, 0.25) is 0 Å². The van der Waals surface area contributed by atoms with E-state index in [0.717, 1.165) is 18.4 Å². The third-order valence-electron chi connectivity index (χ3n) is 5.72. The summed E-state index contributed by atoms with van der Waals surface area (Å²) in [5.74, 6) is 1.02. The molecule has 1 fully saturated rings. The van der Waals surface area contributed by atoms with Gasteiger partial charge in [-0.25, -0.2) is 9.18 Å². The summed E-state index contributed by atoms with van der Waals surface area (Å²) >= 11 is 0. The van der Waals surface area contributed by atoms with Crippen molar-refractivity contribution in [3.8, 4) is 17.6 Å². The van der Waals surface area contributed by atoms with Crippen molar-refractivity contribution in [2.45, 2.75) is 51.2 Å². The Morgan fingerprint density at radius 3 is 2.59 bits per heavy atom. The van der Waals surface area contributed by atoms with E-state index in [9.17, 15) is 9.18 Å². The van der Waals surface area contributed by atoms with Crippen LogP contribution in [0, 0.1) is 17.1 Å². The third-order valence-corrected chi connectivity index (χ3v) is 5.72. The van der Waals surface area contributed by atoms with E-state index >= 15 is 0 Å². The Kier molecular flexibility index (Phi) is 5.96. The highest BCUT2D eigenvalue weighted by molar-refractivity contribution is 5.68. The van der Waals surface area contributed by atoms with E-state index in [-0.39, 0.29) is 24.2 Å². The molecule has 2 aliphatic heterocycles. The molecular formula is C25H27FN2O4. The van der Waals surface area contributed by atoms with Gasteiger partial charge in [0.2, 0.25) is 0 Å². The second-order valence-corrected chi connectivity index (χ2v) is 9.18. The zero-order valence-corrected chi connectivity index (χ0v) is 18.6. The number of hydrogen-bond acceptors (Lipinski definition) is 5. The number of nitriles is 1. The Bertz CT molecular complexity index is 1050. The fraction of sp³-hybridized carbons (Fsp3) is 0.440. The summed E-state index contributed by atoms with van der Waals surface area (Å²) in [5, 5.41) is 8.94. The van der Waals surface area contributed by atoms with E-state index in [4.69, 9.17) is 19.5 Å². The van der Waals surface area contributed by atoms with Gasteiger partial charge in [-0.1, -0.05) is 18.2 Å². The summed E-state index contributed by atoms with van der Waals surface area (Å²) in [6.07, 6.45) is 0.733. The lowest BCUT2D eigenvalue weighted by molar-refractivity contribution is 0.0203. The molecule has 0 unspecified atom stereocenters. The molecule has 0 aromatic heterocycles. The fourth-order valence-corrected chi connectivity index (χ4v) is 4.16. The summed E-state index contributed by atoms with van der Waals surface area (Å²) in [6, 6.07) is 12.1. The summed E-state index contributed by atoms with van der Waals surface area (Å²) in [7, 11) is 0. The maximum absolute atomic E-state index is 14.4. The average molecular weight is 438 g/mol. The Morgan fingerprint density at radius 1 is 1.19 bits per heavy atom. The molecule has 1 atom stereocenters. The molecule has 1 amide bonds. The fourth-order valence-electron chi connectivity index (χ4n) is 4.16. The number of hydrogen-bond donors (Lipinski definition) is 0. The number of benzene rings is 2. The number of piperidine rings is 1. The van der Waals surface area contributed by atoms with Crippen molar-refractivity contribution in [2.75, 3.05) is 19.7 Å². The van der Waals surface area contributed by atoms with Gasteiger partial charge in [-0.15, -0.1) is 0 Å². The van der Waals surface area contributed by atoms with Crippen molar-refractivity contribution >= 4 is 6.09 Å². The van der Waals surface area contributed by atoms with Crippen LogP contribution in [0.1, 0.15) is 62.3 Å². The molecule has 0 aliphatic carbocycles. The number of para-hydroxylation sites is 1. The highest BCUT2D eigenvalue weighted by Gasteiger charge is 2.32. The van der Waals surface area contributed by atoms with Crippen LogP contribution in [-0.4, -0.2) is 36.3 Å².